The van der Waals surface area contributed by atoms with Gasteiger partial charge in [-0.15, -0.1) is 11.3 Å². The predicted molar refractivity (Wildman–Crippen MR) is 92.8 cm³/mol. The van der Waals surface area contributed by atoms with Crippen molar-refractivity contribution in [3.05, 3.63) is 60.2 Å². The Kier molecular flexibility index (Phi) is 3.94. The van der Waals surface area contributed by atoms with Gasteiger partial charge in [-0.3, -0.25) is 4.98 Å². The second-order valence-corrected chi connectivity index (χ2v) is 6.31. The van der Waals surface area contributed by atoms with Crippen LogP contribution in [-0.2, 0) is 0 Å². The monoisotopic (exact) mass is 338 g/mol. The Bertz CT molecular complexity index is 947. The SMILES string of the molecule is OC(CNc1ncnc2cnccc12)c1ccc(-c2ccco2)s1. The highest BCUT2D eigenvalue weighted by Crippen LogP contribution is 2.32. The third-order valence-electron chi connectivity index (χ3n) is 3.62. The standard InChI is InChI=1S/C17H14N4O2S/c22-13(15-3-4-16(24-15)14-2-1-7-23-14)9-19-17-11-5-6-18-8-12(11)20-10-21-17/h1-8,10,13,22H,9H2,(H,19,20,21). The van der Waals surface area contributed by atoms with E-state index in [1.165, 1.54) is 17.7 Å². The first kappa shape index (κ1) is 14.8. The zero-order chi connectivity index (χ0) is 16.4. The summed E-state index contributed by atoms with van der Waals surface area (Å²) in [5.74, 6) is 1.49. The van der Waals surface area contributed by atoms with Gasteiger partial charge in [0.2, 0.25) is 0 Å². The van der Waals surface area contributed by atoms with Gasteiger partial charge >= 0.3 is 0 Å². The zero-order valence-corrected chi connectivity index (χ0v) is 13.4. The molecule has 1 atom stereocenters. The van der Waals surface area contributed by atoms with Crippen molar-refractivity contribution in [2.45, 2.75) is 6.10 Å². The molecule has 0 aromatic carbocycles. The number of aliphatic hydroxyl groups is 1. The molecule has 0 saturated heterocycles. The Morgan fingerprint density at radius 1 is 1.21 bits per heavy atom. The van der Waals surface area contributed by atoms with E-state index < -0.39 is 6.10 Å². The van der Waals surface area contributed by atoms with Crippen LogP contribution < -0.4 is 5.32 Å². The van der Waals surface area contributed by atoms with E-state index in [-0.39, 0.29) is 0 Å². The minimum Gasteiger partial charge on any atom is -0.464 e. The quantitative estimate of drug-likeness (QED) is 0.579. The number of hydrogen-bond acceptors (Lipinski definition) is 7. The van der Waals surface area contributed by atoms with Crippen LogP contribution in [0.2, 0.25) is 0 Å². The number of rotatable bonds is 5. The number of hydrogen-bond donors (Lipinski definition) is 2. The molecule has 24 heavy (non-hydrogen) atoms. The van der Waals surface area contributed by atoms with Crippen LogP contribution in [0.1, 0.15) is 11.0 Å². The summed E-state index contributed by atoms with van der Waals surface area (Å²) in [5.41, 5.74) is 0.765. The number of fused-ring (bicyclic) bond motifs is 1. The average Bonchev–Trinajstić information content (AvgIpc) is 3.30. The van der Waals surface area contributed by atoms with E-state index in [0.29, 0.717) is 12.4 Å². The van der Waals surface area contributed by atoms with Gasteiger partial charge in [0.1, 0.15) is 24.0 Å². The van der Waals surface area contributed by atoms with Crippen LogP contribution in [0.3, 0.4) is 0 Å². The fourth-order valence-electron chi connectivity index (χ4n) is 2.43. The first-order valence-corrected chi connectivity index (χ1v) is 8.23. The summed E-state index contributed by atoms with van der Waals surface area (Å²) in [6, 6.07) is 9.47. The molecule has 120 valence electrons. The topological polar surface area (TPSA) is 84.1 Å². The second kappa shape index (κ2) is 6.38. The van der Waals surface area contributed by atoms with Crippen LogP contribution in [0.4, 0.5) is 5.82 Å². The lowest BCUT2D eigenvalue weighted by Gasteiger charge is -2.12. The summed E-state index contributed by atoms with van der Waals surface area (Å²) in [5, 5.41) is 14.5. The van der Waals surface area contributed by atoms with Crippen LogP contribution in [0.15, 0.2) is 59.7 Å². The van der Waals surface area contributed by atoms with Crippen molar-refractivity contribution in [3.8, 4) is 10.6 Å². The van der Waals surface area contributed by atoms with Crippen LogP contribution in [0.25, 0.3) is 21.5 Å². The van der Waals surface area contributed by atoms with E-state index in [9.17, 15) is 5.11 Å². The maximum atomic E-state index is 10.4. The number of furan rings is 1. The molecule has 0 aliphatic heterocycles. The van der Waals surface area contributed by atoms with E-state index >= 15 is 0 Å². The first-order chi connectivity index (χ1) is 11.8. The van der Waals surface area contributed by atoms with Crippen molar-refractivity contribution in [3.63, 3.8) is 0 Å². The molecule has 0 aliphatic carbocycles. The third kappa shape index (κ3) is 2.86. The molecule has 6 nitrogen and oxygen atoms in total. The van der Waals surface area contributed by atoms with Gasteiger partial charge in [0, 0.05) is 23.0 Å². The largest absolute Gasteiger partial charge is 0.464 e. The zero-order valence-electron chi connectivity index (χ0n) is 12.6. The van der Waals surface area contributed by atoms with Crippen LogP contribution in [0, 0.1) is 0 Å². The van der Waals surface area contributed by atoms with Crippen LogP contribution in [-0.4, -0.2) is 26.6 Å². The van der Waals surface area contributed by atoms with Gasteiger partial charge in [-0.2, -0.15) is 0 Å². The highest BCUT2D eigenvalue weighted by molar-refractivity contribution is 7.15. The molecular weight excluding hydrogens is 324 g/mol. The summed E-state index contributed by atoms with van der Waals surface area (Å²) in [6.45, 7) is 0.354. The second-order valence-electron chi connectivity index (χ2n) is 5.19. The number of aromatic nitrogens is 3. The molecule has 1 unspecified atom stereocenters. The van der Waals surface area contributed by atoms with E-state index in [0.717, 1.165) is 26.4 Å². The molecule has 0 aliphatic rings. The molecule has 4 heterocycles. The van der Waals surface area contributed by atoms with E-state index in [2.05, 4.69) is 20.3 Å². The fraction of sp³-hybridized carbons (Fsp3) is 0.118. The van der Waals surface area contributed by atoms with Crippen molar-refractivity contribution in [1.29, 1.82) is 0 Å². The first-order valence-electron chi connectivity index (χ1n) is 7.41. The lowest BCUT2D eigenvalue weighted by molar-refractivity contribution is 0.195. The summed E-state index contributed by atoms with van der Waals surface area (Å²) in [4.78, 5) is 14.3. The molecule has 0 bridgehead atoms. The Morgan fingerprint density at radius 2 is 2.17 bits per heavy atom. The molecule has 0 spiro atoms. The summed E-state index contributed by atoms with van der Waals surface area (Å²) in [6.07, 6.45) is 5.88. The molecule has 0 radical (unpaired) electrons. The number of pyridine rings is 1. The van der Waals surface area contributed by atoms with Gasteiger partial charge in [-0.25, -0.2) is 9.97 Å². The van der Waals surface area contributed by atoms with E-state index in [4.69, 9.17) is 4.42 Å². The van der Waals surface area contributed by atoms with Crippen LogP contribution >= 0.6 is 11.3 Å². The maximum Gasteiger partial charge on any atom is 0.143 e. The normalized spacial score (nSPS) is 12.4. The summed E-state index contributed by atoms with van der Waals surface area (Å²) < 4.78 is 5.38. The summed E-state index contributed by atoms with van der Waals surface area (Å²) in [7, 11) is 0. The van der Waals surface area contributed by atoms with Crippen molar-refractivity contribution in [2.24, 2.45) is 0 Å². The molecule has 2 N–H and O–H groups in total. The molecule has 0 saturated carbocycles. The minimum atomic E-state index is -0.634. The van der Waals surface area contributed by atoms with E-state index in [1.54, 1.807) is 18.7 Å². The Balaban J connectivity index is 1.49. The average molecular weight is 338 g/mol. The number of nitrogens with zero attached hydrogens (tertiary/aromatic N) is 3. The molecular formula is C17H14N4O2S. The lowest BCUT2D eigenvalue weighted by Crippen LogP contribution is -2.12. The van der Waals surface area contributed by atoms with Crippen LogP contribution in [0.5, 0.6) is 0 Å². The van der Waals surface area contributed by atoms with Gasteiger partial charge in [0.25, 0.3) is 0 Å². The van der Waals surface area contributed by atoms with Gasteiger partial charge in [-0.05, 0) is 30.3 Å². The number of thiophene rings is 1. The number of nitrogens with one attached hydrogen (secondary N) is 1. The summed E-state index contributed by atoms with van der Waals surface area (Å²) >= 11 is 1.51. The Labute approximate surface area is 141 Å². The fourth-order valence-corrected chi connectivity index (χ4v) is 3.39. The highest BCUT2D eigenvalue weighted by Gasteiger charge is 2.13. The molecule has 4 aromatic rings. The maximum absolute atomic E-state index is 10.4. The van der Waals surface area contributed by atoms with Crippen molar-refractivity contribution in [2.75, 3.05) is 11.9 Å². The Hall–Kier alpha value is -2.77. The van der Waals surface area contributed by atoms with Crippen molar-refractivity contribution < 1.29 is 9.52 Å². The lowest BCUT2D eigenvalue weighted by atomic mass is 10.2. The van der Waals surface area contributed by atoms with Gasteiger partial charge < -0.3 is 14.8 Å². The van der Waals surface area contributed by atoms with Gasteiger partial charge in [0.05, 0.1) is 22.9 Å². The molecule has 4 rings (SSSR count). The number of aliphatic hydroxyl groups excluding tert-OH is 1. The van der Waals surface area contributed by atoms with E-state index in [1.807, 2.05) is 30.3 Å². The Morgan fingerprint density at radius 3 is 3.04 bits per heavy atom. The predicted octanol–water partition coefficient (Wildman–Crippen LogP) is 3.49. The van der Waals surface area contributed by atoms with Gasteiger partial charge in [0.15, 0.2) is 0 Å². The highest BCUT2D eigenvalue weighted by atomic mass is 32.1. The van der Waals surface area contributed by atoms with Gasteiger partial charge in [-0.1, -0.05) is 0 Å². The molecule has 0 amide bonds. The van der Waals surface area contributed by atoms with Crippen molar-refractivity contribution in [1.82, 2.24) is 15.0 Å². The minimum absolute atomic E-state index is 0.354. The smallest absolute Gasteiger partial charge is 0.143 e. The molecule has 4 aromatic heterocycles. The molecule has 7 heteroatoms. The molecule has 0 fully saturated rings. The third-order valence-corrected chi connectivity index (χ3v) is 4.82. The van der Waals surface area contributed by atoms with Crippen molar-refractivity contribution >= 4 is 28.1 Å². The number of anilines is 1.